The van der Waals surface area contributed by atoms with E-state index < -0.39 is 12.0 Å². The van der Waals surface area contributed by atoms with E-state index in [1.54, 1.807) is 12.1 Å². The van der Waals surface area contributed by atoms with Gasteiger partial charge < -0.3 is 10.0 Å². The minimum atomic E-state index is -0.967. The van der Waals surface area contributed by atoms with Crippen LogP contribution in [0.4, 0.5) is 0 Å². The Hall–Kier alpha value is -2.14. The number of carbonyl (C=O) groups excluding carboxylic acids is 1. The minimum absolute atomic E-state index is 0.225. The second-order valence-electron chi connectivity index (χ2n) is 5.00. The number of hydrogen-bond donors (Lipinski definition) is 1. The van der Waals surface area contributed by atoms with Gasteiger partial charge in [-0.1, -0.05) is 29.8 Å². The number of carbonyl (C=O) groups is 2. The maximum atomic E-state index is 12.7. The lowest BCUT2D eigenvalue weighted by atomic mass is 10.1. The van der Waals surface area contributed by atoms with Gasteiger partial charge in [-0.25, -0.2) is 9.78 Å². The van der Waals surface area contributed by atoms with E-state index in [1.165, 1.54) is 11.0 Å². The van der Waals surface area contributed by atoms with Gasteiger partial charge in [0.05, 0.1) is 11.1 Å². The van der Waals surface area contributed by atoms with Crippen molar-refractivity contribution >= 4 is 34.4 Å². The number of fused-ring (bicyclic) bond motifs is 1. The molecule has 5 nitrogen and oxygen atoms in total. The van der Waals surface area contributed by atoms with Gasteiger partial charge in [0.2, 0.25) is 0 Å². The van der Waals surface area contributed by atoms with Crippen LogP contribution in [0.25, 0.3) is 10.9 Å². The smallest absolute Gasteiger partial charge is 0.326 e. The highest BCUT2D eigenvalue weighted by Crippen LogP contribution is 2.26. The molecule has 1 fully saturated rings. The van der Waals surface area contributed by atoms with Crippen LogP contribution in [0.5, 0.6) is 0 Å². The monoisotopic (exact) mass is 304 g/mol. The molecule has 2 heterocycles. The Morgan fingerprint density at radius 1 is 1.33 bits per heavy atom. The lowest BCUT2D eigenvalue weighted by Crippen LogP contribution is -2.40. The van der Waals surface area contributed by atoms with Gasteiger partial charge in [0.1, 0.15) is 11.2 Å². The second-order valence-corrected chi connectivity index (χ2v) is 5.39. The fourth-order valence-electron chi connectivity index (χ4n) is 2.74. The van der Waals surface area contributed by atoms with Gasteiger partial charge in [0.25, 0.3) is 5.91 Å². The molecule has 2 aromatic rings. The zero-order valence-electron chi connectivity index (χ0n) is 11.1. The van der Waals surface area contributed by atoms with Crippen LogP contribution in [-0.4, -0.2) is 39.5 Å². The molecule has 1 aromatic carbocycles. The third kappa shape index (κ3) is 2.45. The molecule has 1 aliphatic rings. The molecule has 0 unspecified atom stereocenters. The first-order chi connectivity index (χ1) is 10.1. The number of rotatable bonds is 2. The molecule has 1 atom stereocenters. The molecule has 3 rings (SSSR count). The third-order valence-corrected chi connectivity index (χ3v) is 3.91. The summed E-state index contributed by atoms with van der Waals surface area (Å²) in [6, 6.07) is 7.93. The molecule has 21 heavy (non-hydrogen) atoms. The van der Waals surface area contributed by atoms with Crippen molar-refractivity contribution in [1.29, 1.82) is 0 Å². The molecule has 1 saturated heterocycles. The highest BCUT2D eigenvalue weighted by atomic mass is 35.5. The summed E-state index contributed by atoms with van der Waals surface area (Å²) in [5, 5.41) is 10.1. The Morgan fingerprint density at radius 2 is 2.10 bits per heavy atom. The first-order valence-corrected chi connectivity index (χ1v) is 7.05. The Kier molecular flexibility index (Phi) is 3.51. The van der Waals surface area contributed by atoms with Crippen LogP contribution in [-0.2, 0) is 4.79 Å². The van der Waals surface area contributed by atoms with E-state index in [0.717, 1.165) is 0 Å². The number of amides is 1. The van der Waals surface area contributed by atoms with Crippen molar-refractivity contribution in [2.24, 2.45) is 0 Å². The number of halogens is 1. The molecule has 6 heteroatoms. The Balaban J connectivity index is 2.07. The number of aromatic nitrogens is 1. The number of carboxylic acids is 1. The largest absolute Gasteiger partial charge is 0.480 e. The summed E-state index contributed by atoms with van der Waals surface area (Å²) in [6.07, 6.45) is 1.18. The molecule has 1 amide bonds. The van der Waals surface area contributed by atoms with Crippen LogP contribution < -0.4 is 0 Å². The van der Waals surface area contributed by atoms with Gasteiger partial charge in [0, 0.05) is 11.9 Å². The fourth-order valence-corrected chi connectivity index (χ4v) is 2.94. The highest BCUT2D eigenvalue weighted by molar-refractivity contribution is 6.30. The summed E-state index contributed by atoms with van der Waals surface area (Å²) in [7, 11) is 0. The number of benzene rings is 1. The number of likely N-dealkylation sites (tertiary alicyclic amines) is 1. The number of nitrogens with zero attached hydrogens (tertiary/aromatic N) is 2. The van der Waals surface area contributed by atoms with E-state index in [0.29, 0.717) is 35.9 Å². The molecule has 1 aliphatic heterocycles. The fraction of sp³-hybridized carbons (Fsp3) is 0.267. The number of hydrogen-bond acceptors (Lipinski definition) is 3. The van der Waals surface area contributed by atoms with Crippen molar-refractivity contribution < 1.29 is 14.7 Å². The molecule has 0 aliphatic carbocycles. The first kappa shape index (κ1) is 13.8. The van der Waals surface area contributed by atoms with Crippen molar-refractivity contribution in [1.82, 2.24) is 9.88 Å². The number of pyridine rings is 1. The van der Waals surface area contributed by atoms with Crippen LogP contribution in [0.2, 0.25) is 5.15 Å². The van der Waals surface area contributed by atoms with Crippen molar-refractivity contribution in [2.45, 2.75) is 18.9 Å². The van der Waals surface area contributed by atoms with Crippen LogP contribution in [0, 0.1) is 0 Å². The lowest BCUT2D eigenvalue weighted by Gasteiger charge is -2.22. The summed E-state index contributed by atoms with van der Waals surface area (Å²) < 4.78 is 0. The van der Waals surface area contributed by atoms with Gasteiger partial charge in [-0.2, -0.15) is 0 Å². The Bertz CT molecular complexity index is 732. The molecule has 0 radical (unpaired) electrons. The van der Waals surface area contributed by atoms with Crippen LogP contribution in [0.15, 0.2) is 30.3 Å². The molecule has 1 aromatic heterocycles. The number of carboxylic acid groups (broad SMARTS) is 1. The number of para-hydroxylation sites is 1. The SMILES string of the molecule is O=C(O)[C@@H]1CCCN1C(=O)c1cc(Cl)nc2ccccc12. The predicted molar refractivity (Wildman–Crippen MR) is 78.4 cm³/mol. The lowest BCUT2D eigenvalue weighted by molar-refractivity contribution is -0.141. The normalized spacial score (nSPS) is 18.1. The zero-order valence-corrected chi connectivity index (χ0v) is 11.9. The van der Waals surface area contributed by atoms with Crippen LogP contribution in [0.3, 0.4) is 0 Å². The number of aliphatic carboxylic acids is 1. The standard InChI is InChI=1S/C15H13ClN2O3/c16-13-8-10(9-4-1-2-5-11(9)17-13)14(19)18-7-3-6-12(18)15(20)21/h1-2,4-5,8,12H,3,6-7H2,(H,20,21)/t12-/m0/s1. The summed E-state index contributed by atoms with van der Waals surface area (Å²) >= 11 is 5.98. The van der Waals surface area contributed by atoms with Gasteiger partial charge in [-0.05, 0) is 25.0 Å². The third-order valence-electron chi connectivity index (χ3n) is 3.71. The van der Waals surface area contributed by atoms with Crippen LogP contribution >= 0.6 is 11.6 Å². The summed E-state index contributed by atoms with van der Waals surface area (Å²) in [6.45, 7) is 0.448. The van der Waals surface area contributed by atoms with E-state index in [4.69, 9.17) is 11.6 Å². The minimum Gasteiger partial charge on any atom is -0.480 e. The topological polar surface area (TPSA) is 70.5 Å². The molecular formula is C15H13ClN2O3. The highest BCUT2D eigenvalue weighted by Gasteiger charge is 2.35. The molecule has 108 valence electrons. The predicted octanol–water partition coefficient (Wildman–Crippen LogP) is 2.58. The maximum Gasteiger partial charge on any atom is 0.326 e. The average molecular weight is 305 g/mol. The Labute approximate surface area is 126 Å². The molecule has 1 N–H and O–H groups in total. The average Bonchev–Trinajstić information content (AvgIpc) is 2.95. The molecular weight excluding hydrogens is 292 g/mol. The molecule has 0 saturated carbocycles. The second kappa shape index (κ2) is 5.33. The van der Waals surface area contributed by atoms with E-state index in [2.05, 4.69) is 4.98 Å². The van der Waals surface area contributed by atoms with E-state index in [9.17, 15) is 14.7 Å². The molecule has 0 spiro atoms. The zero-order chi connectivity index (χ0) is 15.0. The van der Waals surface area contributed by atoms with Gasteiger partial charge in [0.15, 0.2) is 0 Å². The van der Waals surface area contributed by atoms with Crippen LogP contribution in [0.1, 0.15) is 23.2 Å². The van der Waals surface area contributed by atoms with E-state index in [1.807, 2.05) is 12.1 Å². The van der Waals surface area contributed by atoms with Crippen molar-refractivity contribution in [2.75, 3.05) is 6.54 Å². The van der Waals surface area contributed by atoms with E-state index >= 15 is 0 Å². The quantitative estimate of drug-likeness (QED) is 0.866. The van der Waals surface area contributed by atoms with Crippen molar-refractivity contribution in [3.63, 3.8) is 0 Å². The maximum absolute atomic E-state index is 12.7. The van der Waals surface area contributed by atoms with Crippen molar-refractivity contribution in [3.8, 4) is 0 Å². The first-order valence-electron chi connectivity index (χ1n) is 6.67. The summed E-state index contributed by atoms with van der Waals surface area (Å²) in [4.78, 5) is 29.5. The van der Waals surface area contributed by atoms with Crippen molar-refractivity contribution in [3.05, 3.63) is 41.0 Å². The summed E-state index contributed by atoms with van der Waals surface area (Å²) in [5.74, 6) is -1.27. The summed E-state index contributed by atoms with van der Waals surface area (Å²) in [5.41, 5.74) is 1.03. The van der Waals surface area contributed by atoms with E-state index in [-0.39, 0.29) is 11.1 Å². The van der Waals surface area contributed by atoms with Gasteiger partial charge in [-0.3, -0.25) is 4.79 Å². The van der Waals surface area contributed by atoms with Gasteiger partial charge in [-0.15, -0.1) is 0 Å². The molecule has 0 bridgehead atoms. The Morgan fingerprint density at radius 3 is 2.86 bits per heavy atom. The van der Waals surface area contributed by atoms with Gasteiger partial charge >= 0.3 is 5.97 Å².